The van der Waals surface area contributed by atoms with Crippen molar-refractivity contribution in [1.29, 1.82) is 0 Å². The highest BCUT2D eigenvalue weighted by Gasteiger charge is 2.28. The summed E-state index contributed by atoms with van der Waals surface area (Å²) in [4.78, 5) is 35.6. The number of ether oxygens (including phenoxy) is 1. The van der Waals surface area contributed by atoms with Gasteiger partial charge < -0.3 is 9.72 Å². The van der Waals surface area contributed by atoms with Gasteiger partial charge in [0.2, 0.25) is 0 Å². The van der Waals surface area contributed by atoms with Crippen LogP contribution in [0.4, 0.5) is 0 Å². The lowest BCUT2D eigenvalue weighted by atomic mass is 10.0. The summed E-state index contributed by atoms with van der Waals surface area (Å²) < 4.78 is 7.00. The lowest BCUT2D eigenvalue weighted by Crippen LogP contribution is -2.29. The topological polar surface area (TPSA) is 77.0 Å². The van der Waals surface area contributed by atoms with Crippen molar-refractivity contribution in [3.63, 3.8) is 0 Å². The number of Topliss-reactive ketones (excluding diaryl/α,β-unsaturated/α-hetero) is 1. The van der Waals surface area contributed by atoms with Crippen molar-refractivity contribution in [3.8, 4) is 0 Å². The molecule has 2 heterocycles. The van der Waals surface area contributed by atoms with Gasteiger partial charge in [-0.25, -0.2) is 4.98 Å². The molecule has 0 saturated heterocycles. The minimum Gasteiger partial charge on any atom is -0.383 e. The maximum Gasteiger partial charge on any atom is 0.262 e. The first-order chi connectivity index (χ1) is 17.1. The second-order valence-corrected chi connectivity index (χ2v) is 9.48. The van der Waals surface area contributed by atoms with Crippen LogP contribution < -0.4 is 5.56 Å². The van der Waals surface area contributed by atoms with Gasteiger partial charge in [0.05, 0.1) is 23.6 Å². The molecule has 0 aliphatic rings. The Bertz CT molecular complexity index is 1560. The SMILES string of the molecule is COCC(C)n1c(SC(C(=O)c2c[nH]c3ccccc23)c2ccccc2)nc2ccccc2c1=O. The van der Waals surface area contributed by atoms with Crippen LogP contribution in [-0.4, -0.2) is 34.0 Å². The Morgan fingerprint density at radius 2 is 1.69 bits per heavy atom. The van der Waals surface area contributed by atoms with Crippen LogP contribution in [-0.2, 0) is 4.74 Å². The normalized spacial score (nSPS) is 13.2. The first-order valence-electron chi connectivity index (χ1n) is 11.4. The number of carbonyl (C=O) groups excluding carboxylic acids is 1. The maximum absolute atomic E-state index is 14.0. The smallest absolute Gasteiger partial charge is 0.262 e. The Hall–Kier alpha value is -3.68. The minimum atomic E-state index is -0.593. The van der Waals surface area contributed by atoms with E-state index in [-0.39, 0.29) is 17.4 Å². The molecule has 7 heteroatoms. The van der Waals surface area contributed by atoms with Crippen molar-refractivity contribution < 1.29 is 9.53 Å². The number of rotatable bonds is 8. The maximum atomic E-state index is 14.0. The van der Waals surface area contributed by atoms with E-state index >= 15 is 0 Å². The van der Waals surface area contributed by atoms with Gasteiger partial charge in [0.15, 0.2) is 10.9 Å². The van der Waals surface area contributed by atoms with E-state index in [1.807, 2.05) is 79.7 Å². The first kappa shape index (κ1) is 23.1. The van der Waals surface area contributed by atoms with E-state index in [0.29, 0.717) is 28.2 Å². The predicted octanol–water partition coefficient (Wildman–Crippen LogP) is 5.80. The number of benzene rings is 3. The van der Waals surface area contributed by atoms with E-state index in [1.165, 1.54) is 11.8 Å². The van der Waals surface area contributed by atoms with E-state index in [4.69, 9.17) is 9.72 Å². The van der Waals surface area contributed by atoms with E-state index in [0.717, 1.165) is 16.5 Å². The molecule has 0 bridgehead atoms. The third kappa shape index (κ3) is 4.40. The van der Waals surface area contributed by atoms with Crippen molar-refractivity contribution in [1.82, 2.24) is 14.5 Å². The summed E-state index contributed by atoms with van der Waals surface area (Å²) in [5, 5.41) is 1.31. The standard InChI is InChI=1S/C28H25N3O3S/c1-18(17-34-2)31-27(33)21-13-7-9-15-24(21)30-28(31)35-26(19-10-4-3-5-11-19)25(32)22-16-29-23-14-8-6-12-20(22)23/h3-16,18,26,29H,17H2,1-2H3. The lowest BCUT2D eigenvalue weighted by Gasteiger charge is -2.22. The molecule has 0 radical (unpaired) electrons. The average Bonchev–Trinajstić information content (AvgIpc) is 3.32. The molecule has 1 N–H and O–H groups in total. The van der Waals surface area contributed by atoms with E-state index in [1.54, 1.807) is 23.9 Å². The summed E-state index contributed by atoms with van der Waals surface area (Å²) >= 11 is 1.30. The number of aromatic amines is 1. The van der Waals surface area contributed by atoms with E-state index in [9.17, 15) is 9.59 Å². The number of para-hydroxylation sites is 2. The number of methoxy groups -OCH3 is 1. The Balaban J connectivity index is 1.66. The van der Waals surface area contributed by atoms with Gasteiger partial charge >= 0.3 is 0 Å². The molecular formula is C28H25N3O3S. The van der Waals surface area contributed by atoms with Gasteiger partial charge in [-0.3, -0.25) is 14.2 Å². The van der Waals surface area contributed by atoms with Crippen LogP contribution in [0, 0.1) is 0 Å². The van der Waals surface area contributed by atoms with Crippen LogP contribution >= 0.6 is 11.8 Å². The number of nitrogens with one attached hydrogen (secondary N) is 1. The highest BCUT2D eigenvalue weighted by molar-refractivity contribution is 8.00. The molecule has 176 valence electrons. The quantitative estimate of drug-likeness (QED) is 0.171. The second-order valence-electron chi connectivity index (χ2n) is 8.41. The molecule has 6 nitrogen and oxygen atoms in total. The molecule has 0 amide bonds. The molecule has 0 aliphatic heterocycles. The average molecular weight is 484 g/mol. The molecular weight excluding hydrogens is 458 g/mol. The van der Waals surface area contributed by atoms with Crippen LogP contribution in [0.2, 0.25) is 0 Å². The summed E-state index contributed by atoms with van der Waals surface area (Å²) in [6, 6.07) is 24.4. The molecule has 5 rings (SSSR count). The highest BCUT2D eigenvalue weighted by atomic mass is 32.2. The second kappa shape index (κ2) is 9.90. The zero-order valence-electron chi connectivity index (χ0n) is 19.5. The van der Waals surface area contributed by atoms with Gasteiger partial charge in [-0.2, -0.15) is 0 Å². The number of hydrogen-bond donors (Lipinski definition) is 1. The van der Waals surface area contributed by atoms with Gasteiger partial charge in [0.25, 0.3) is 5.56 Å². The van der Waals surface area contributed by atoms with Gasteiger partial charge in [0, 0.05) is 29.8 Å². The molecule has 2 unspecified atom stereocenters. The fourth-order valence-corrected chi connectivity index (χ4v) is 5.60. The number of nitrogens with zero attached hydrogens (tertiary/aromatic N) is 2. The molecule has 0 saturated carbocycles. The van der Waals surface area contributed by atoms with Crippen molar-refractivity contribution in [2.45, 2.75) is 23.4 Å². The Kier molecular flexibility index (Phi) is 6.53. The van der Waals surface area contributed by atoms with Crippen LogP contribution in [0.25, 0.3) is 21.8 Å². The van der Waals surface area contributed by atoms with Crippen LogP contribution in [0.3, 0.4) is 0 Å². The summed E-state index contributed by atoms with van der Waals surface area (Å²) in [5.74, 6) is -0.0491. The van der Waals surface area contributed by atoms with Gasteiger partial charge in [0.1, 0.15) is 5.25 Å². The molecule has 2 atom stereocenters. The summed E-state index contributed by atoms with van der Waals surface area (Å²) in [6.45, 7) is 2.27. The molecule has 0 spiro atoms. The molecule has 3 aromatic carbocycles. The Morgan fingerprint density at radius 3 is 2.46 bits per heavy atom. The van der Waals surface area contributed by atoms with Crippen LogP contribution in [0.5, 0.6) is 0 Å². The Morgan fingerprint density at radius 1 is 1.00 bits per heavy atom. The largest absolute Gasteiger partial charge is 0.383 e. The third-order valence-corrected chi connectivity index (χ3v) is 7.26. The van der Waals surface area contributed by atoms with E-state index in [2.05, 4.69) is 4.98 Å². The van der Waals surface area contributed by atoms with Crippen molar-refractivity contribution >= 4 is 39.4 Å². The highest BCUT2D eigenvalue weighted by Crippen LogP contribution is 2.39. The minimum absolute atomic E-state index is 0.0491. The monoisotopic (exact) mass is 483 g/mol. The summed E-state index contributed by atoms with van der Waals surface area (Å²) in [5.41, 5.74) is 2.83. The van der Waals surface area contributed by atoms with Gasteiger partial charge in [-0.05, 0) is 30.7 Å². The number of thioether (sulfide) groups is 1. The number of H-pyrrole nitrogens is 1. The molecule has 5 aromatic rings. The first-order valence-corrected chi connectivity index (χ1v) is 12.3. The van der Waals surface area contributed by atoms with Crippen LogP contribution in [0.15, 0.2) is 95.0 Å². The summed E-state index contributed by atoms with van der Waals surface area (Å²) in [6.07, 6.45) is 1.76. The van der Waals surface area contributed by atoms with Crippen LogP contribution in [0.1, 0.15) is 34.1 Å². The Labute approximate surface area is 207 Å². The fraction of sp³-hybridized carbons (Fsp3) is 0.179. The third-order valence-electron chi connectivity index (χ3n) is 6.04. The van der Waals surface area contributed by atoms with Crippen molar-refractivity contribution in [3.05, 3.63) is 107 Å². The number of hydrogen-bond acceptors (Lipinski definition) is 5. The van der Waals surface area contributed by atoms with Crippen molar-refractivity contribution in [2.75, 3.05) is 13.7 Å². The van der Waals surface area contributed by atoms with Gasteiger partial charge in [-0.15, -0.1) is 0 Å². The van der Waals surface area contributed by atoms with Crippen molar-refractivity contribution in [2.24, 2.45) is 0 Å². The number of carbonyl (C=O) groups is 1. The lowest BCUT2D eigenvalue weighted by molar-refractivity contribution is 0.0991. The molecule has 2 aromatic heterocycles. The summed E-state index contributed by atoms with van der Waals surface area (Å²) in [7, 11) is 1.61. The number of ketones is 1. The molecule has 35 heavy (non-hydrogen) atoms. The predicted molar refractivity (Wildman–Crippen MR) is 140 cm³/mol. The zero-order chi connectivity index (χ0) is 24.4. The number of fused-ring (bicyclic) bond motifs is 2. The van der Waals surface area contributed by atoms with Gasteiger partial charge in [-0.1, -0.05) is 72.4 Å². The molecule has 0 aliphatic carbocycles. The fourth-order valence-electron chi connectivity index (χ4n) is 4.34. The molecule has 0 fully saturated rings. The number of aromatic nitrogens is 3. The van der Waals surface area contributed by atoms with E-state index < -0.39 is 5.25 Å². The zero-order valence-corrected chi connectivity index (χ0v) is 20.3.